The number of aromatic nitrogens is 4. The molecule has 1 aromatic heterocycles. The first kappa shape index (κ1) is 20.3. The highest BCUT2D eigenvalue weighted by molar-refractivity contribution is 5.71. The van der Waals surface area contributed by atoms with Gasteiger partial charge < -0.3 is 19.5 Å². The quantitative estimate of drug-likeness (QED) is 0.668. The molecular formula is C23H25N5O4. The second-order valence-corrected chi connectivity index (χ2v) is 8.33. The van der Waals surface area contributed by atoms with Gasteiger partial charge in [0.05, 0.1) is 5.69 Å². The maximum atomic E-state index is 12.9. The number of para-hydroxylation sites is 1. The lowest BCUT2D eigenvalue weighted by Crippen LogP contribution is -2.50. The topological polar surface area (TPSA) is 100 Å². The van der Waals surface area contributed by atoms with Crippen LogP contribution >= 0.6 is 0 Å². The second-order valence-electron chi connectivity index (χ2n) is 8.33. The Morgan fingerprint density at radius 3 is 2.62 bits per heavy atom. The Bertz CT molecular complexity index is 1090. The molecule has 5 rings (SSSR count). The summed E-state index contributed by atoms with van der Waals surface area (Å²) in [6, 6.07) is 14.6. The second kappa shape index (κ2) is 8.49. The monoisotopic (exact) mass is 435 g/mol. The van der Waals surface area contributed by atoms with Crippen molar-refractivity contribution in [2.24, 2.45) is 5.92 Å². The number of ether oxygens (including phenoxy) is 3. The Morgan fingerprint density at radius 2 is 1.84 bits per heavy atom. The maximum absolute atomic E-state index is 12.9. The number of carbonyl (C=O) groups excluding carboxylic acids is 1. The summed E-state index contributed by atoms with van der Waals surface area (Å²) in [5.41, 5.74) is 0.000241. The molecule has 0 spiro atoms. The predicted molar refractivity (Wildman–Crippen MR) is 115 cm³/mol. The van der Waals surface area contributed by atoms with E-state index in [1.165, 1.54) is 0 Å². The molecule has 9 nitrogen and oxygen atoms in total. The molecule has 2 aromatic carbocycles. The molecule has 2 heterocycles. The van der Waals surface area contributed by atoms with Gasteiger partial charge in [-0.1, -0.05) is 25.1 Å². The molecule has 32 heavy (non-hydrogen) atoms. The van der Waals surface area contributed by atoms with Gasteiger partial charge in [0.1, 0.15) is 24.5 Å². The largest absolute Gasteiger partial charge is 0.486 e. The fourth-order valence-electron chi connectivity index (χ4n) is 4.30. The number of hydrogen-bond donors (Lipinski definition) is 1. The number of tetrazole rings is 1. The van der Waals surface area contributed by atoms with Crippen LogP contribution in [0.2, 0.25) is 0 Å². The van der Waals surface area contributed by atoms with Crippen molar-refractivity contribution in [1.82, 2.24) is 25.5 Å². The molecule has 1 aliphatic heterocycles. The number of hydrogen-bond acceptors (Lipinski definition) is 7. The number of amides is 1. The third-order valence-electron chi connectivity index (χ3n) is 6.09. The van der Waals surface area contributed by atoms with Crippen LogP contribution in [0.3, 0.4) is 0 Å². The zero-order valence-corrected chi connectivity index (χ0v) is 17.9. The molecule has 1 fully saturated rings. The summed E-state index contributed by atoms with van der Waals surface area (Å²) in [5.74, 6) is 2.97. The van der Waals surface area contributed by atoms with Crippen molar-refractivity contribution in [3.63, 3.8) is 0 Å². The molecule has 166 valence electrons. The predicted octanol–water partition coefficient (Wildman–Crippen LogP) is 3.63. The highest BCUT2D eigenvalue weighted by atomic mass is 16.6. The number of benzene rings is 2. The molecule has 1 N–H and O–H groups in total. The van der Waals surface area contributed by atoms with Crippen molar-refractivity contribution in [1.29, 1.82) is 0 Å². The van der Waals surface area contributed by atoms with E-state index in [4.69, 9.17) is 14.2 Å². The van der Waals surface area contributed by atoms with Crippen molar-refractivity contribution < 1.29 is 19.0 Å². The third kappa shape index (κ3) is 3.98. The molecule has 0 saturated heterocycles. The summed E-state index contributed by atoms with van der Waals surface area (Å²) in [5, 5.41) is 15.6. The van der Waals surface area contributed by atoms with E-state index < -0.39 is 11.6 Å². The molecule has 0 unspecified atom stereocenters. The van der Waals surface area contributed by atoms with E-state index in [0.717, 1.165) is 18.5 Å². The van der Waals surface area contributed by atoms with E-state index in [2.05, 4.69) is 27.8 Å². The minimum absolute atomic E-state index is 0.482. The van der Waals surface area contributed by atoms with Gasteiger partial charge in [-0.05, 0) is 66.3 Å². The van der Waals surface area contributed by atoms with E-state index in [0.29, 0.717) is 55.0 Å². The van der Waals surface area contributed by atoms with Crippen molar-refractivity contribution >= 4 is 6.09 Å². The first-order valence-corrected chi connectivity index (χ1v) is 10.9. The standard InChI is InChI=1S/C23H25N5O4/c1-16-9-11-23(12-10-16,24-22(29)32-18-5-3-2-4-6-18)21-25-26-27-28(21)17-7-8-19-20(15-17)31-14-13-30-19/h2-8,15-16H,9-14H2,1H3,(H,24,29). The average molecular weight is 435 g/mol. The summed E-state index contributed by atoms with van der Waals surface area (Å²) in [7, 11) is 0. The van der Waals surface area contributed by atoms with Gasteiger partial charge >= 0.3 is 6.09 Å². The van der Waals surface area contributed by atoms with Crippen LogP contribution in [0.5, 0.6) is 17.2 Å². The number of nitrogens with one attached hydrogen (secondary N) is 1. The molecule has 0 bridgehead atoms. The van der Waals surface area contributed by atoms with Crippen LogP contribution in [-0.4, -0.2) is 39.5 Å². The van der Waals surface area contributed by atoms with Crippen molar-refractivity contribution in [3.05, 3.63) is 54.4 Å². The highest BCUT2D eigenvalue weighted by Crippen LogP contribution is 2.40. The Labute approximate surface area is 185 Å². The van der Waals surface area contributed by atoms with Crippen LogP contribution in [0.15, 0.2) is 48.5 Å². The van der Waals surface area contributed by atoms with Gasteiger partial charge in [-0.25, -0.2) is 4.79 Å². The molecule has 1 saturated carbocycles. The smallest absolute Gasteiger partial charge is 0.413 e. The van der Waals surface area contributed by atoms with Gasteiger partial charge in [-0.3, -0.25) is 0 Å². The summed E-state index contributed by atoms with van der Waals surface area (Å²) in [4.78, 5) is 12.9. The fourth-order valence-corrected chi connectivity index (χ4v) is 4.30. The summed E-state index contributed by atoms with van der Waals surface area (Å²) in [6.45, 7) is 3.24. The first-order valence-electron chi connectivity index (χ1n) is 10.9. The van der Waals surface area contributed by atoms with E-state index in [-0.39, 0.29) is 0 Å². The minimum Gasteiger partial charge on any atom is -0.486 e. The normalized spacial score (nSPS) is 22.2. The summed E-state index contributed by atoms with van der Waals surface area (Å²) >= 11 is 0. The third-order valence-corrected chi connectivity index (χ3v) is 6.09. The Kier molecular flexibility index (Phi) is 5.38. The highest BCUT2D eigenvalue weighted by Gasteiger charge is 2.42. The van der Waals surface area contributed by atoms with Crippen molar-refractivity contribution in [2.45, 2.75) is 38.1 Å². The minimum atomic E-state index is -0.741. The Hall–Kier alpha value is -3.62. The molecule has 0 radical (unpaired) electrons. The summed E-state index contributed by atoms with van der Waals surface area (Å²) < 4.78 is 18.5. The lowest BCUT2D eigenvalue weighted by molar-refractivity contribution is 0.150. The van der Waals surface area contributed by atoms with Crippen molar-refractivity contribution in [2.75, 3.05) is 13.2 Å². The van der Waals surface area contributed by atoms with Gasteiger partial charge in [-0.15, -0.1) is 5.10 Å². The maximum Gasteiger partial charge on any atom is 0.413 e. The Balaban J connectivity index is 1.47. The molecule has 3 aromatic rings. The number of rotatable bonds is 4. The zero-order chi connectivity index (χ0) is 22.0. The van der Waals surface area contributed by atoms with Crippen LogP contribution in [0, 0.1) is 5.92 Å². The van der Waals surface area contributed by atoms with Crippen LogP contribution in [-0.2, 0) is 5.54 Å². The van der Waals surface area contributed by atoms with E-state index in [1.807, 2.05) is 36.4 Å². The SMILES string of the molecule is CC1CCC(NC(=O)Oc2ccccc2)(c2nnnn2-c2ccc3c(c2)OCCO3)CC1. The van der Waals surface area contributed by atoms with Gasteiger partial charge in [0.25, 0.3) is 0 Å². The molecule has 9 heteroatoms. The van der Waals surface area contributed by atoms with Gasteiger partial charge in [0, 0.05) is 6.07 Å². The van der Waals surface area contributed by atoms with E-state index in [9.17, 15) is 4.79 Å². The lowest BCUT2D eigenvalue weighted by atomic mass is 9.76. The zero-order valence-electron chi connectivity index (χ0n) is 17.9. The average Bonchev–Trinajstić information content (AvgIpc) is 3.32. The van der Waals surface area contributed by atoms with Crippen LogP contribution in [0.1, 0.15) is 38.4 Å². The van der Waals surface area contributed by atoms with Gasteiger partial charge in [0.15, 0.2) is 17.3 Å². The van der Waals surface area contributed by atoms with Gasteiger partial charge in [-0.2, -0.15) is 4.68 Å². The van der Waals surface area contributed by atoms with Crippen LogP contribution in [0.25, 0.3) is 5.69 Å². The first-order chi connectivity index (χ1) is 15.6. The number of nitrogens with zero attached hydrogens (tertiary/aromatic N) is 4. The molecule has 0 atom stereocenters. The number of fused-ring (bicyclic) bond motifs is 1. The van der Waals surface area contributed by atoms with Gasteiger partial charge in [0.2, 0.25) is 0 Å². The molecule has 1 amide bonds. The van der Waals surface area contributed by atoms with Crippen molar-refractivity contribution in [3.8, 4) is 22.9 Å². The molecule has 2 aliphatic rings. The fraction of sp³-hybridized carbons (Fsp3) is 0.391. The summed E-state index contributed by atoms with van der Waals surface area (Å²) in [6.07, 6.45) is 2.79. The van der Waals surface area contributed by atoms with Crippen LogP contribution in [0.4, 0.5) is 4.79 Å². The number of carbonyl (C=O) groups is 1. The lowest BCUT2D eigenvalue weighted by Gasteiger charge is -2.38. The van der Waals surface area contributed by atoms with E-state index in [1.54, 1.807) is 16.8 Å². The molecule has 1 aliphatic carbocycles. The van der Waals surface area contributed by atoms with E-state index >= 15 is 0 Å². The Morgan fingerprint density at radius 1 is 1.09 bits per heavy atom. The van der Waals surface area contributed by atoms with Crippen LogP contribution < -0.4 is 19.5 Å². The molecular weight excluding hydrogens is 410 g/mol.